The van der Waals surface area contributed by atoms with Crippen LogP contribution < -0.4 is 0 Å². The zero-order chi connectivity index (χ0) is 22.0. The number of piperidine rings is 2. The van der Waals surface area contributed by atoms with Gasteiger partial charge in [-0.25, -0.2) is 4.39 Å². The Hall–Kier alpha value is -1.75. The van der Waals surface area contributed by atoms with Gasteiger partial charge >= 0.3 is 0 Å². The molecule has 172 valence electrons. The van der Waals surface area contributed by atoms with E-state index in [0.29, 0.717) is 12.0 Å². The third-order valence-electron chi connectivity index (χ3n) is 8.39. The Labute approximate surface area is 192 Å². The van der Waals surface area contributed by atoms with Gasteiger partial charge in [0.1, 0.15) is 5.82 Å². The Bertz CT molecular complexity index is 865. The third kappa shape index (κ3) is 4.93. The molecule has 3 nitrogen and oxygen atoms in total. The van der Waals surface area contributed by atoms with Gasteiger partial charge in [0.05, 0.1) is 6.10 Å². The van der Waals surface area contributed by atoms with Crippen LogP contribution in [0, 0.1) is 11.2 Å². The monoisotopic (exact) mass is 436 g/mol. The van der Waals surface area contributed by atoms with Crippen LogP contribution in [0.15, 0.2) is 54.6 Å². The van der Waals surface area contributed by atoms with Crippen molar-refractivity contribution in [2.24, 2.45) is 5.41 Å². The fourth-order valence-electron chi connectivity index (χ4n) is 6.71. The SMILES string of the molecule is O[C@@H]1C[C@@]2(CCCN(Cc3ccc(F)cc3)C2)CC[C@H]1N1CCC(c2ccccc2)CC1. The van der Waals surface area contributed by atoms with Gasteiger partial charge < -0.3 is 5.11 Å². The summed E-state index contributed by atoms with van der Waals surface area (Å²) in [7, 11) is 0. The molecule has 3 fully saturated rings. The minimum absolute atomic E-state index is 0.168. The van der Waals surface area contributed by atoms with Crippen molar-refractivity contribution in [3.05, 3.63) is 71.5 Å². The highest BCUT2D eigenvalue weighted by Crippen LogP contribution is 2.45. The predicted octanol–water partition coefficient (Wildman–Crippen LogP) is 5.20. The second-order valence-electron chi connectivity index (χ2n) is 10.5. The first-order valence-electron chi connectivity index (χ1n) is 12.5. The molecule has 2 heterocycles. The van der Waals surface area contributed by atoms with Crippen molar-refractivity contribution >= 4 is 0 Å². The lowest BCUT2D eigenvalue weighted by molar-refractivity contribution is -0.0612. The van der Waals surface area contributed by atoms with Gasteiger partial charge in [-0.15, -0.1) is 0 Å². The van der Waals surface area contributed by atoms with E-state index >= 15 is 0 Å². The maximum Gasteiger partial charge on any atom is 0.123 e. The van der Waals surface area contributed by atoms with Crippen molar-refractivity contribution in [3.63, 3.8) is 0 Å². The first-order valence-corrected chi connectivity index (χ1v) is 12.5. The summed E-state index contributed by atoms with van der Waals surface area (Å²) in [6.45, 7) is 5.25. The second-order valence-corrected chi connectivity index (χ2v) is 10.5. The summed E-state index contributed by atoms with van der Waals surface area (Å²) in [6, 6.07) is 18.2. The lowest BCUT2D eigenvalue weighted by Gasteiger charge is -2.51. The molecule has 3 aliphatic rings. The molecule has 2 saturated heterocycles. The van der Waals surface area contributed by atoms with E-state index in [1.165, 1.54) is 43.2 Å². The van der Waals surface area contributed by atoms with Crippen LogP contribution in [0.4, 0.5) is 4.39 Å². The molecule has 5 rings (SSSR count). The standard InChI is InChI=1S/C28H37FN2O/c29-25-9-7-22(8-10-25)20-30-16-4-14-28(21-30)15-11-26(27(32)19-28)31-17-12-24(13-18-31)23-5-2-1-3-6-23/h1-3,5-10,24,26-27,32H,4,11-21H2/t26-,27-,28-/m1/s1. The van der Waals surface area contributed by atoms with Gasteiger partial charge in [-0.05, 0) is 99.2 Å². The summed E-state index contributed by atoms with van der Waals surface area (Å²) in [5.41, 5.74) is 2.90. The van der Waals surface area contributed by atoms with Crippen LogP contribution in [0.1, 0.15) is 62.0 Å². The summed E-state index contributed by atoms with van der Waals surface area (Å²) in [6.07, 6.45) is 7.86. The van der Waals surface area contributed by atoms with Crippen LogP contribution in [0.2, 0.25) is 0 Å². The lowest BCUT2D eigenvalue weighted by atomic mass is 9.66. The first-order chi connectivity index (χ1) is 15.6. The van der Waals surface area contributed by atoms with Crippen molar-refractivity contribution in [2.45, 2.75) is 69.6 Å². The molecule has 2 aromatic rings. The van der Waals surface area contributed by atoms with E-state index in [0.717, 1.165) is 45.6 Å². The molecule has 1 aliphatic carbocycles. The van der Waals surface area contributed by atoms with Gasteiger partial charge in [-0.2, -0.15) is 0 Å². The molecule has 32 heavy (non-hydrogen) atoms. The zero-order valence-electron chi connectivity index (χ0n) is 19.1. The smallest absolute Gasteiger partial charge is 0.123 e. The summed E-state index contributed by atoms with van der Waals surface area (Å²) in [4.78, 5) is 5.10. The maximum absolute atomic E-state index is 13.2. The molecule has 0 amide bonds. The molecule has 0 bridgehead atoms. The molecule has 1 N–H and O–H groups in total. The van der Waals surface area contributed by atoms with Crippen LogP contribution >= 0.6 is 0 Å². The molecule has 1 saturated carbocycles. The highest BCUT2D eigenvalue weighted by atomic mass is 19.1. The average Bonchev–Trinajstić information content (AvgIpc) is 2.82. The van der Waals surface area contributed by atoms with E-state index < -0.39 is 0 Å². The minimum Gasteiger partial charge on any atom is -0.391 e. The average molecular weight is 437 g/mol. The van der Waals surface area contributed by atoms with Crippen LogP contribution in [0.25, 0.3) is 0 Å². The Morgan fingerprint density at radius 1 is 0.906 bits per heavy atom. The zero-order valence-corrected chi connectivity index (χ0v) is 19.1. The molecular formula is C28H37FN2O. The summed E-state index contributed by atoms with van der Waals surface area (Å²) >= 11 is 0. The summed E-state index contributed by atoms with van der Waals surface area (Å²) < 4.78 is 13.2. The van der Waals surface area contributed by atoms with Gasteiger partial charge in [-0.1, -0.05) is 42.5 Å². The van der Waals surface area contributed by atoms with Gasteiger partial charge in [-0.3, -0.25) is 9.80 Å². The Morgan fingerprint density at radius 2 is 1.66 bits per heavy atom. The predicted molar refractivity (Wildman–Crippen MR) is 127 cm³/mol. The van der Waals surface area contributed by atoms with Crippen molar-refractivity contribution in [1.29, 1.82) is 0 Å². The molecule has 0 unspecified atom stereocenters. The number of aliphatic hydroxyl groups excluding tert-OH is 1. The van der Waals surface area contributed by atoms with E-state index in [2.05, 4.69) is 40.1 Å². The largest absolute Gasteiger partial charge is 0.391 e. The number of aliphatic hydroxyl groups is 1. The van der Waals surface area contributed by atoms with Crippen molar-refractivity contribution in [2.75, 3.05) is 26.2 Å². The van der Waals surface area contributed by atoms with Crippen LogP contribution in [0.5, 0.6) is 0 Å². The van der Waals surface area contributed by atoms with Gasteiger partial charge in [0.15, 0.2) is 0 Å². The summed E-state index contributed by atoms with van der Waals surface area (Å²) in [5, 5.41) is 11.2. The molecule has 1 spiro atoms. The van der Waals surface area contributed by atoms with E-state index in [1.54, 1.807) is 12.1 Å². The number of likely N-dealkylation sites (tertiary alicyclic amines) is 2. The number of hydrogen-bond donors (Lipinski definition) is 1. The van der Waals surface area contributed by atoms with Crippen LogP contribution in [-0.2, 0) is 6.54 Å². The number of halogens is 1. The van der Waals surface area contributed by atoms with Gasteiger partial charge in [0, 0.05) is 19.1 Å². The van der Waals surface area contributed by atoms with Crippen molar-refractivity contribution < 1.29 is 9.50 Å². The molecule has 2 aromatic carbocycles. The maximum atomic E-state index is 13.2. The molecule has 0 radical (unpaired) electrons. The molecule has 4 heteroatoms. The van der Waals surface area contributed by atoms with Crippen molar-refractivity contribution in [3.8, 4) is 0 Å². The highest BCUT2D eigenvalue weighted by molar-refractivity contribution is 5.20. The second kappa shape index (κ2) is 9.62. The van der Waals surface area contributed by atoms with Crippen LogP contribution in [-0.4, -0.2) is 53.2 Å². The minimum atomic E-state index is -0.220. The summed E-state index contributed by atoms with van der Waals surface area (Å²) in [5.74, 6) is 0.496. The lowest BCUT2D eigenvalue weighted by Crippen LogP contribution is -2.55. The van der Waals surface area contributed by atoms with E-state index in [4.69, 9.17) is 0 Å². The number of benzene rings is 2. The first kappa shape index (κ1) is 22.1. The fraction of sp³-hybridized carbons (Fsp3) is 0.571. The number of hydrogen-bond acceptors (Lipinski definition) is 3. The molecular weight excluding hydrogens is 399 g/mol. The fourth-order valence-corrected chi connectivity index (χ4v) is 6.71. The third-order valence-corrected chi connectivity index (χ3v) is 8.39. The number of rotatable bonds is 4. The normalized spacial score (nSPS) is 30.6. The topological polar surface area (TPSA) is 26.7 Å². The quantitative estimate of drug-likeness (QED) is 0.714. The van der Waals surface area contributed by atoms with E-state index in [9.17, 15) is 9.50 Å². The van der Waals surface area contributed by atoms with Crippen molar-refractivity contribution in [1.82, 2.24) is 9.80 Å². The Balaban J connectivity index is 1.16. The Morgan fingerprint density at radius 3 is 2.38 bits per heavy atom. The molecule has 0 aromatic heterocycles. The number of nitrogens with zero attached hydrogens (tertiary/aromatic N) is 2. The van der Waals surface area contributed by atoms with E-state index in [1.807, 2.05) is 12.1 Å². The van der Waals surface area contributed by atoms with E-state index in [-0.39, 0.29) is 17.3 Å². The highest BCUT2D eigenvalue weighted by Gasteiger charge is 2.44. The van der Waals surface area contributed by atoms with Gasteiger partial charge in [0.2, 0.25) is 0 Å². The molecule has 3 atom stereocenters. The van der Waals surface area contributed by atoms with Crippen LogP contribution in [0.3, 0.4) is 0 Å². The van der Waals surface area contributed by atoms with Gasteiger partial charge in [0.25, 0.3) is 0 Å². The Kier molecular flexibility index (Phi) is 6.64. The molecule has 2 aliphatic heterocycles.